The van der Waals surface area contributed by atoms with E-state index in [0.29, 0.717) is 6.42 Å². The zero-order valence-electron chi connectivity index (χ0n) is 10.2. The van der Waals surface area contributed by atoms with Crippen LogP contribution in [0.2, 0.25) is 0 Å². The number of hydrogen-bond acceptors (Lipinski definition) is 3. The number of carboxylic acids is 2. The van der Waals surface area contributed by atoms with Gasteiger partial charge in [0.15, 0.2) is 0 Å². The normalized spacial score (nSPS) is 52.5. The van der Waals surface area contributed by atoms with Gasteiger partial charge in [0.25, 0.3) is 0 Å². The first-order valence-electron chi connectivity index (χ1n) is 5.93. The van der Waals surface area contributed by atoms with E-state index in [1.54, 1.807) is 7.05 Å². The van der Waals surface area contributed by atoms with Crippen LogP contribution in [-0.2, 0) is 9.59 Å². The summed E-state index contributed by atoms with van der Waals surface area (Å²) in [6.07, 6.45) is 0.498. The largest absolute Gasteiger partial charge is 0.481 e. The lowest BCUT2D eigenvalue weighted by atomic mass is 9.76. The molecule has 94 valence electrons. The molecule has 4 aliphatic rings. The Hall–Kier alpha value is -1.10. The minimum absolute atomic E-state index is 0.000972. The van der Waals surface area contributed by atoms with Crippen LogP contribution >= 0.6 is 0 Å². The van der Waals surface area contributed by atoms with Crippen molar-refractivity contribution in [2.75, 3.05) is 7.05 Å². The van der Waals surface area contributed by atoms with Crippen molar-refractivity contribution >= 4 is 11.9 Å². The summed E-state index contributed by atoms with van der Waals surface area (Å²) in [6.45, 7) is 4.02. The van der Waals surface area contributed by atoms with Crippen molar-refractivity contribution in [2.24, 2.45) is 28.6 Å². The SMILES string of the molecule is CN[C@@]1(C(=O)O)C2CC3(C(=O)O)C(C31)C2(C)C. The lowest BCUT2D eigenvalue weighted by Gasteiger charge is -2.34. The van der Waals surface area contributed by atoms with Crippen molar-refractivity contribution in [3.63, 3.8) is 0 Å². The van der Waals surface area contributed by atoms with Gasteiger partial charge in [-0.1, -0.05) is 13.8 Å². The topological polar surface area (TPSA) is 86.6 Å². The molecule has 4 bridgehead atoms. The summed E-state index contributed by atoms with van der Waals surface area (Å²) < 4.78 is 0. The molecule has 4 rings (SSSR count). The Morgan fingerprint density at radius 1 is 1.18 bits per heavy atom. The molecule has 0 aliphatic heterocycles. The van der Waals surface area contributed by atoms with Gasteiger partial charge in [-0.15, -0.1) is 0 Å². The summed E-state index contributed by atoms with van der Waals surface area (Å²) in [7, 11) is 1.63. The maximum atomic E-state index is 11.6. The molecule has 4 saturated carbocycles. The fourth-order valence-electron chi connectivity index (χ4n) is 5.31. The van der Waals surface area contributed by atoms with Crippen molar-refractivity contribution < 1.29 is 19.8 Å². The molecule has 0 aromatic rings. The van der Waals surface area contributed by atoms with Gasteiger partial charge in [0.1, 0.15) is 5.54 Å². The van der Waals surface area contributed by atoms with E-state index in [1.165, 1.54) is 0 Å². The first-order chi connectivity index (χ1) is 7.77. The smallest absolute Gasteiger partial charge is 0.324 e. The van der Waals surface area contributed by atoms with Crippen LogP contribution in [0.15, 0.2) is 0 Å². The highest BCUT2D eigenvalue weighted by atomic mass is 16.4. The van der Waals surface area contributed by atoms with E-state index in [9.17, 15) is 19.8 Å². The van der Waals surface area contributed by atoms with Gasteiger partial charge in [0.2, 0.25) is 0 Å². The van der Waals surface area contributed by atoms with Gasteiger partial charge in [0, 0.05) is 5.92 Å². The van der Waals surface area contributed by atoms with E-state index in [-0.39, 0.29) is 23.2 Å². The zero-order chi connectivity index (χ0) is 12.8. The van der Waals surface area contributed by atoms with Crippen molar-refractivity contribution in [3.05, 3.63) is 0 Å². The van der Waals surface area contributed by atoms with E-state index in [1.807, 2.05) is 13.8 Å². The third-order valence-corrected chi connectivity index (χ3v) is 5.78. The maximum Gasteiger partial charge on any atom is 0.324 e. The lowest BCUT2D eigenvalue weighted by Crippen LogP contribution is -2.55. The van der Waals surface area contributed by atoms with Gasteiger partial charge in [-0.3, -0.25) is 9.59 Å². The summed E-state index contributed by atoms with van der Waals surface area (Å²) >= 11 is 0. The highest BCUT2D eigenvalue weighted by Gasteiger charge is 2.94. The maximum absolute atomic E-state index is 11.6. The highest BCUT2D eigenvalue weighted by Crippen LogP contribution is 2.88. The molecule has 4 aliphatic carbocycles. The summed E-state index contributed by atoms with van der Waals surface area (Å²) in [5.74, 6) is -2.06. The van der Waals surface area contributed by atoms with Crippen LogP contribution in [0.1, 0.15) is 20.3 Å². The number of hydrogen-bond donors (Lipinski definition) is 3. The molecule has 0 amide bonds. The number of carboxylic acid groups (broad SMARTS) is 2. The summed E-state index contributed by atoms with van der Waals surface area (Å²) in [4.78, 5) is 23.1. The molecule has 0 aromatic carbocycles. The Morgan fingerprint density at radius 2 is 1.76 bits per heavy atom. The monoisotopic (exact) mass is 239 g/mol. The molecule has 0 radical (unpaired) electrons. The molecule has 0 spiro atoms. The third kappa shape index (κ3) is 0.766. The molecule has 0 heterocycles. The molecule has 17 heavy (non-hydrogen) atoms. The number of carbonyl (C=O) groups is 2. The predicted molar refractivity (Wildman–Crippen MR) is 58.4 cm³/mol. The summed E-state index contributed by atoms with van der Waals surface area (Å²) in [5.41, 5.74) is -2.02. The molecule has 0 saturated heterocycles. The average molecular weight is 239 g/mol. The second kappa shape index (κ2) is 2.51. The highest BCUT2D eigenvalue weighted by molar-refractivity contribution is 5.91. The Morgan fingerprint density at radius 3 is 2.00 bits per heavy atom. The number of aliphatic carboxylic acids is 2. The average Bonchev–Trinajstić information content (AvgIpc) is 2.63. The van der Waals surface area contributed by atoms with E-state index in [2.05, 4.69) is 5.32 Å². The Bertz CT molecular complexity index is 446. The second-order valence-corrected chi connectivity index (χ2v) is 6.30. The van der Waals surface area contributed by atoms with Crippen LogP contribution in [0.3, 0.4) is 0 Å². The molecule has 4 unspecified atom stereocenters. The van der Waals surface area contributed by atoms with E-state index in [0.717, 1.165) is 0 Å². The van der Waals surface area contributed by atoms with Crippen LogP contribution in [-0.4, -0.2) is 34.7 Å². The van der Waals surface area contributed by atoms with Crippen LogP contribution in [0, 0.1) is 28.6 Å². The molecule has 3 N–H and O–H groups in total. The predicted octanol–water partition coefficient (Wildman–Crippen LogP) is 0.406. The van der Waals surface area contributed by atoms with E-state index < -0.39 is 22.9 Å². The van der Waals surface area contributed by atoms with Crippen LogP contribution in [0.5, 0.6) is 0 Å². The Labute approximate surface area is 99.2 Å². The molecule has 0 aromatic heterocycles. The molecule has 5 nitrogen and oxygen atoms in total. The summed E-state index contributed by atoms with van der Waals surface area (Å²) in [5, 5.41) is 21.9. The van der Waals surface area contributed by atoms with Crippen molar-refractivity contribution in [1.82, 2.24) is 5.32 Å². The fourth-order valence-corrected chi connectivity index (χ4v) is 5.31. The minimum atomic E-state index is -1.04. The van der Waals surface area contributed by atoms with Crippen LogP contribution < -0.4 is 5.32 Å². The molecule has 5 heteroatoms. The van der Waals surface area contributed by atoms with E-state index in [4.69, 9.17) is 0 Å². The third-order valence-electron chi connectivity index (χ3n) is 5.78. The van der Waals surface area contributed by atoms with Crippen molar-refractivity contribution in [1.29, 1.82) is 0 Å². The minimum Gasteiger partial charge on any atom is -0.481 e. The first kappa shape index (κ1) is 11.0. The summed E-state index contributed by atoms with van der Waals surface area (Å²) in [6, 6.07) is 0. The van der Waals surface area contributed by atoms with Gasteiger partial charge in [-0.25, -0.2) is 0 Å². The van der Waals surface area contributed by atoms with Gasteiger partial charge < -0.3 is 15.5 Å². The van der Waals surface area contributed by atoms with Crippen molar-refractivity contribution in [3.8, 4) is 0 Å². The first-order valence-corrected chi connectivity index (χ1v) is 5.93. The molecular weight excluding hydrogens is 222 g/mol. The van der Waals surface area contributed by atoms with E-state index >= 15 is 0 Å². The Balaban J connectivity index is 2.17. The van der Waals surface area contributed by atoms with Crippen molar-refractivity contribution in [2.45, 2.75) is 25.8 Å². The molecule has 4 fully saturated rings. The number of likely N-dealkylation sites (N-methyl/N-ethyl adjacent to an activating group) is 1. The second-order valence-electron chi connectivity index (χ2n) is 6.30. The van der Waals surface area contributed by atoms with Gasteiger partial charge in [-0.2, -0.15) is 0 Å². The van der Waals surface area contributed by atoms with Gasteiger partial charge in [0.05, 0.1) is 5.41 Å². The van der Waals surface area contributed by atoms with Gasteiger partial charge >= 0.3 is 11.9 Å². The molecular formula is C12H17NO4. The van der Waals surface area contributed by atoms with Crippen LogP contribution in [0.4, 0.5) is 0 Å². The Kier molecular flexibility index (Phi) is 1.62. The fraction of sp³-hybridized carbons (Fsp3) is 0.833. The quantitative estimate of drug-likeness (QED) is 0.664. The zero-order valence-corrected chi connectivity index (χ0v) is 10.2. The van der Waals surface area contributed by atoms with Crippen LogP contribution in [0.25, 0.3) is 0 Å². The number of rotatable bonds is 3. The lowest BCUT2D eigenvalue weighted by molar-refractivity contribution is -0.148. The standard InChI is InChI=1S/C12H17NO4/c1-10(2)5-4-11(8(14)15)6(10)7(11)12(5,13-3)9(16)17/h5-7,13H,4H2,1-3H3,(H,14,15)(H,16,17)/t5?,6?,7?,11?,12-/m0/s1. The van der Waals surface area contributed by atoms with Gasteiger partial charge in [-0.05, 0) is 30.7 Å². The molecule has 5 atom stereocenters. The number of nitrogens with one attached hydrogen (secondary N) is 1.